The van der Waals surface area contributed by atoms with Gasteiger partial charge in [0, 0.05) is 17.8 Å². The summed E-state index contributed by atoms with van der Waals surface area (Å²) in [5.74, 6) is 2.90. The highest BCUT2D eigenvalue weighted by atomic mass is 16.3. The third kappa shape index (κ3) is 5.94. The lowest BCUT2D eigenvalue weighted by atomic mass is 10.1. The van der Waals surface area contributed by atoms with Gasteiger partial charge in [0.1, 0.15) is 0 Å². The molecule has 3 N–H and O–H groups in total. The van der Waals surface area contributed by atoms with Gasteiger partial charge in [-0.3, -0.25) is 0 Å². The van der Waals surface area contributed by atoms with Crippen molar-refractivity contribution in [3.05, 3.63) is 29.8 Å². The van der Waals surface area contributed by atoms with Crippen LogP contribution in [0.2, 0.25) is 0 Å². The van der Waals surface area contributed by atoms with Crippen molar-refractivity contribution in [2.45, 2.75) is 26.4 Å². The molecule has 0 saturated carbocycles. The summed E-state index contributed by atoms with van der Waals surface area (Å²) in [6.07, 6.45) is 5.42. The van der Waals surface area contributed by atoms with Gasteiger partial charge < -0.3 is 15.7 Å². The van der Waals surface area contributed by atoms with Crippen LogP contribution in [0, 0.1) is 18.3 Å². The van der Waals surface area contributed by atoms with Gasteiger partial charge in [-0.25, -0.2) is 4.79 Å². The van der Waals surface area contributed by atoms with E-state index in [2.05, 4.69) is 16.6 Å². The highest BCUT2D eigenvalue weighted by Crippen LogP contribution is 2.09. The van der Waals surface area contributed by atoms with E-state index in [-0.39, 0.29) is 12.6 Å². The van der Waals surface area contributed by atoms with E-state index in [0.717, 1.165) is 0 Å². The molecule has 1 aromatic rings. The molecule has 0 aromatic heterocycles. The van der Waals surface area contributed by atoms with Crippen LogP contribution in [0.4, 0.5) is 10.5 Å². The highest BCUT2D eigenvalue weighted by molar-refractivity contribution is 5.89. The maximum absolute atomic E-state index is 11.6. The first-order valence-corrected chi connectivity index (χ1v) is 6.31. The monoisotopic (exact) mass is 260 g/mol. The van der Waals surface area contributed by atoms with E-state index in [1.54, 1.807) is 24.3 Å². The predicted molar refractivity (Wildman–Crippen MR) is 76.9 cm³/mol. The Morgan fingerprint density at radius 3 is 2.84 bits per heavy atom. The molecule has 0 fully saturated rings. The van der Waals surface area contributed by atoms with Crippen LogP contribution in [0.3, 0.4) is 0 Å². The number of aliphatic hydroxyl groups excluding tert-OH is 1. The van der Waals surface area contributed by atoms with E-state index in [1.807, 2.05) is 13.8 Å². The molecule has 4 heteroatoms. The van der Waals surface area contributed by atoms with Crippen LogP contribution in [0.1, 0.15) is 25.8 Å². The SMILES string of the molecule is C#Cc1cccc(NC(=O)NCC(O)CC(C)C)c1. The molecule has 1 rings (SSSR count). The normalized spacial score (nSPS) is 11.7. The van der Waals surface area contributed by atoms with Gasteiger partial charge in [-0.05, 0) is 30.5 Å². The second-order valence-electron chi connectivity index (χ2n) is 4.84. The van der Waals surface area contributed by atoms with Crippen LogP contribution in [0.5, 0.6) is 0 Å². The molecule has 1 unspecified atom stereocenters. The summed E-state index contributed by atoms with van der Waals surface area (Å²) in [5.41, 5.74) is 1.34. The Kier molecular flexibility index (Phi) is 5.91. The zero-order chi connectivity index (χ0) is 14.3. The molecule has 2 amide bonds. The molecular weight excluding hydrogens is 240 g/mol. The molecule has 1 atom stereocenters. The van der Waals surface area contributed by atoms with Crippen LogP contribution in [-0.2, 0) is 0 Å². The lowest BCUT2D eigenvalue weighted by Crippen LogP contribution is -2.35. The Morgan fingerprint density at radius 1 is 1.47 bits per heavy atom. The van der Waals surface area contributed by atoms with E-state index in [4.69, 9.17) is 6.42 Å². The first kappa shape index (κ1) is 15.1. The minimum absolute atomic E-state index is 0.235. The number of nitrogens with one attached hydrogen (secondary N) is 2. The maximum Gasteiger partial charge on any atom is 0.319 e. The first-order chi connectivity index (χ1) is 9.01. The Labute approximate surface area is 114 Å². The molecule has 0 aliphatic heterocycles. The number of hydrogen-bond donors (Lipinski definition) is 3. The van der Waals surface area contributed by atoms with Crippen molar-refractivity contribution in [2.75, 3.05) is 11.9 Å². The van der Waals surface area contributed by atoms with Crippen molar-refractivity contribution >= 4 is 11.7 Å². The summed E-state index contributed by atoms with van der Waals surface area (Å²) >= 11 is 0. The highest BCUT2D eigenvalue weighted by Gasteiger charge is 2.09. The number of amides is 2. The molecule has 102 valence electrons. The molecule has 0 saturated heterocycles. The number of rotatable bonds is 5. The number of hydrogen-bond acceptors (Lipinski definition) is 2. The number of aliphatic hydroxyl groups is 1. The second kappa shape index (κ2) is 7.45. The van der Waals surface area contributed by atoms with Gasteiger partial charge in [-0.15, -0.1) is 6.42 Å². The van der Waals surface area contributed by atoms with Crippen molar-refractivity contribution in [1.82, 2.24) is 5.32 Å². The topological polar surface area (TPSA) is 61.4 Å². The molecule has 0 spiro atoms. The molecule has 0 aliphatic rings. The zero-order valence-corrected chi connectivity index (χ0v) is 11.3. The van der Waals surface area contributed by atoms with E-state index in [1.165, 1.54) is 0 Å². The largest absolute Gasteiger partial charge is 0.391 e. The summed E-state index contributed by atoms with van der Waals surface area (Å²) in [5, 5.41) is 14.9. The Hall–Kier alpha value is -1.99. The molecular formula is C15H20N2O2. The third-order valence-electron chi connectivity index (χ3n) is 2.53. The Balaban J connectivity index is 2.41. The predicted octanol–water partition coefficient (Wildman–Crippen LogP) is 2.20. The summed E-state index contributed by atoms with van der Waals surface area (Å²) < 4.78 is 0. The number of benzene rings is 1. The van der Waals surface area contributed by atoms with Gasteiger partial charge in [0.2, 0.25) is 0 Å². The summed E-state index contributed by atoms with van der Waals surface area (Å²) in [6, 6.07) is 6.68. The van der Waals surface area contributed by atoms with Crippen molar-refractivity contribution in [1.29, 1.82) is 0 Å². The smallest absolute Gasteiger partial charge is 0.319 e. The fourth-order valence-corrected chi connectivity index (χ4v) is 1.70. The van der Waals surface area contributed by atoms with Crippen LogP contribution in [-0.4, -0.2) is 23.8 Å². The van der Waals surface area contributed by atoms with Crippen LogP contribution in [0.15, 0.2) is 24.3 Å². The minimum Gasteiger partial charge on any atom is -0.391 e. The van der Waals surface area contributed by atoms with Gasteiger partial charge in [0.25, 0.3) is 0 Å². The molecule has 0 aliphatic carbocycles. The number of urea groups is 1. The van der Waals surface area contributed by atoms with E-state index < -0.39 is 6.10 Å². The van der Waals surface area contributed by atoms with Gasteiger partial charge in [0.05, 0.1) is 6.10 Å². The third-order valence-corrected chi connectivity index (χ3v) is 2.53. The average Bonchev–Trinajstić information content (AvgIpc) is 2.36. The fourth-order valence-electron chi connectivity index (χ4n) is 1.70. The quantitative estimate of drug-likeness (QED) is 0.711. The Bertz CT molecular complexity index is 463. The Morgan fingerprint density at radius 2 is 2.21 bits per heavy atom. The standard InChI is InChI=1S/C15H20N2O2/c1-4-12-6-5-7-13(9-12)17-15(19)16-10-14(18)8-11(2)3/h1,5-7,9,11,14,18H,8,10H2,2-3H3,(H2,16,17,19). The van der Waals surface area contributed by atoms with E-state index >= 15 is 0 Å². The van der Waals surface area contributed by atoms with Gasteiger partial charge in [0.15, 0.2) is 0 Å². The number of terminal acetylenes is 1. The van der Waals surface area contributed by atoms with Crippen molar-refractivity contribution in [2.24, 2.45) is 5.92 Å². The first-order valence-electron chi connectivity index (χ1n) is 6.31. The summed E-state index contributed by atoms with van der Waals surface area (Å²) in [6.45, 7) is 4.28. The van der Waals surface area contributed by atoms with Crippen LogP contribution < -0.4 is 10.6 Å². The zero-order valence-electron chi connectivity index (χ0n) is 11.3. The van der Waals surface area contributed by atoms with Gasteiger partial charge in [-0.1, -0.05) is 25.8 Å². The van der Waals surface area contributed by atoms with E-state index in [9.17, 15) is 9.90 Å². The van der Waals surface area contributed by atoms with Crippen molar-refractivity contribution < 1.29 is 9.90 Å². The van der Waals surface area contributed by atoms with Gasteiger partial charge >= 0.3 is 6.03 Å². The van der Waals surface area contributed by atoms with E-state index in [0.29, 0.717) is 23.6 Å². The van der Waals surface area contributed by atoms with Gasteiger partial charge in [-0.2, -0.15) is 0 Å². The fraction of sp³-hybridized carbons (Fsp3) is 0.400. The van der Waals surface area contributed by atoms with Crippen molar-refractivity contribution in [3.8, 4) is 12.3 Å². The molecule has 19 heavy (non-hydrogen) atoms. The molecule has 0 heterocycles. The summed E-state index contributed by atoms with van der Waals surface area (Å²) in [4.78, 5) is 11.6. The average molecular weight is 260 g/mol. The number of carbonyl (C=O) groups excluding carboxylic acids is 1. The molecule has 1 aromatic carbocycles. The second-order valence-corrected chi connectivity index (χ2v) is 4.84. The summed E-state index contributed by atoms with van der Waals surface area (Å²) in [7, 11) is 0. The molecule has 0 bridgehead atoms. The van der Waals surface area contributed by atoms with Crippen LogP contribution in [0.25, 0.3) is 0 Å². The maximum atomic E-state index is 11.6. The lowest BCUT2D eigenvalue weighted by molar-refractivity contribution is 0.148. The minimum atomic E-state index is -0.525. The number of anilines is 1. The number of carbonyl (C=O) groups is 1. The lowest BCUT2D eigenvalue weighted by Gasteiger charge is -2.14. The molecule has 0 radical (unpaired) electrons. The van der Waals surface area contributed by atoms with Crippen LogP contribution >= 0.6 is 0 Å². The molecule has 4 nitrogen and oxygen atoms in total. The van der Waals surface area contributed by atoms with Crippen molar-refractivity contribution in [3.63, 3.8) is 0 Å².